The molecule has 0 radical (unpaired) electrons. The standard InChI is InChI=1S/C28H35N5O3/c34-24(30-33-26(35)28(29-27(33)36)15-8-3-9-16-28)14-17-31-18-20-32(21-19-31)25(22-10-4-1-5-11-22)23-12-6-2-7-13-23/h1-2,4-7,10-13,25H,3,8-9,14-21H2,(H,29,36)(H,30,34). The lowest BCUT2D eigenvalue weighted by Crippen LogP contribution is -2.51. The molecule has 8 heteroatoms. The molecule has 0 aromatic heterocycles. The second-order valence-corrected chi connectivity index (χ2v) is 10.1. The van der Waals surface area contributed by atoms with Crippen molar-refractivity contribution in [2.24, 2.45) is 0 Å². The van der Waals surface area contributed by atoms with Crippen LogP contribution in [0.5, 0.6) is 0 Å². The number of benzene rings is 2. The third-order valence-electron chi connectivity index (χ3n) is 7.76. The Kier molecular flexibility index (Phi) is 7.34. The zero-order chi connectivity index (χ0) is 25.0. The number of hydrogen-bond acceptors (Lipinski definition) is 5. The van der Waals surface area contributed by atoms with Crippen LogP contribution in [0.1, 0.15) is 55.7 Å². The second kappa shape index (κ2) is 10.8. The van der Waals surface area contributed by atoms with E-state index in [4.69, 9.17) is 0 Å². The predicted octanol–water partition coefficient (Wildman–Crippen LogP) is 3.07. The van der Waals surface area contributed by atoms with Crippen molar-refractivity contribution in [1.29, 1.82) is 0 Å². The molecule has 2 saturated heterocycles. The van der Waals surface area contributed by atoms with Gasteiger partial charge in [-0.3, -0.25) is 19.9 Å². The minimum Gasteiger partial charge on any atom is -0.322 e. The first-order chi connectivity index (χ1) is 17.6. The zero-order valence-corrected chi connectivity index (χ0v) is 20.7. The lowest BCUT2D eigenvalue weighted by atomic mass is 9.82. The molecular formula is C28H35N5O3. The van der Waals surface area contributed by atoms with Crippen LogP contribution in [0.2, 0.25) is 0 Å². The van der Waals surface area contributed by atoms with Crippen LogP contribution in [0.4, 0.5) is 4.79 Å². The topological polar surface area (TPSA) is 85.0 Å². The molecule has 3 aliphatic rings. The molecule has 2 aliphatic heterocycles. The van der Waals surface area contributed by atoms with Gasteiger partial charge in [0.15, 0.2) is 0 Å². The summed E-state index contributed by atoms with van der Waals surface area (Å²) in [5.41, 5.74) is 4.29. The fourth-order valence-corrected chi connectivity index (χ4v) is 5.79. The number of urea groups is 1. The van der Waals surface area contributed by atoms with Crippen molar-refractivity contribution in [2.45, 2.75) is 50.1 Å². The number of imide groups is 1. The lowest BCUT2D eigenvalue weighted by molar-refractivity contribution is -0.140. The summed E-state index contributed by atoms with van der Waals surface area (Å²) in [5.74, 6) is -0.623. The van der Waals surface area contributed by atoms with E-state index in [2.05, 4.69) is 69.1 Å². The van der Waals surface area contributed by atoms with Crippen LogP contribution in [0.25, 0.3) is 0 Å². The molecule has 0 bridgehead atoms. The average Bonchev–Trinajstić information content (AvgIpc) is 3.13. The number of piperazine rings is 1. The van der Waals surface area contributed by atoms with Crippen LogP contribution in [0.15, 0.2) is 60.7 Å². The number of nitrogens with zero attached hydrogens (tertiary/aromatic N) is 3. The van der Waals surface area contributed by atoms with Gasteiger partial charge in [-0.05, 0) is 24.0 Å². The highest BCUT2D eigenvalue weighted by molar-refractivity contribution is 6.08. The first-order valence-electron chi connectivity index (χ1n) is 13.1. The van der Waals surface area contributed by atoms with Gasteiger partial charge in [-0.1, -0.05) is 79.9 Å². The number of hydrogen-bond donors (Lipinski definition) is 2. The number of carbonyl (C=O) groups excluding carboxylic acids is 3. The van der Waals surface area contributed by atoms with Gasteiger partial charge in [0, 0.05) is 39.1 Å². The van der Waals surface area contributed by atoms with Gasteiger partial charge >= 0.3 is 6.03 Å². The van der Waals surface area contributed by atoms with Gasteiger partial charge < -0.3 is 10.2 Å². The summed E-state index contributed by atoms with van der Waals surface area (Å²) in [5, 5.41) is 3.73. The van der Waals surface area contributed by atoms with E-state index in [1.54, 1.807) is 0 Å². The molecule has 1 spiro atoms. The fourth-order valence-electron chi connectivity index (χ4n) is 5.79. The third kappa shape index (κ3) is 5.15. The predicted molar refractivity (Wildman–Crippen MR) is 137 cm³/mol. The molecule has 2 N–H and O–H groups in total. The molecule has 2 heterocycles. The Morgan fingerprint density at radius 3 is 2.03 bits per heavy atom. The zero-order valence-electron chi connectivity index (χ0n) is 20.7. The summed E-state index contributed by atoms with van der Waals surface area (Å²) in [6.07, 6.45) is 4.42. The van der Waals surface area contributed by atoms with Gasteiger partial charge in [0.25, 0.3) is 5.91 Å². The Hall–Kier alpha value is -3.23. The van der Waals surface area contributed by atoms with E-state index in [0.29, 0.717) is 19.4 Å². The van der Waals surface area contributed by atoms with Crippen LogP contribution in [0.3, 0.4) is 0 Å². The Balaban J connectivity index is 1.13. The molecule has 190 valence electrons. The second-order valence-electron chi connectivity index (χ2n) is 10.1. The maximum absolute atomic E-state index is 12.9. The normalized spacial score (nSPS) is 20.6. The molecule has 2 aromatic carbocycles. The van der Waals surface area contributed by atoms with E-state index in [1.165, 1.54) is 11.1 Å². The van der Waals surface area contributed by atoms with Gasteiger partial charge in [0.1, 0.15) is 5.54 Å². The number of hydrazine groups is 1. The average molecular weight is 490 g/mol. The van der Waals surface area contributed by atoms with Crippen molar-refractivity contribution >= 4 is 17.8 Å². The van der Waals surface area contributed by atoms with Gasteiger partial charge in [0.2, 0.25) is 5.91 Å². The molecule has 5 rings (SSSR count). The van der Waals surface area contributed by atoms with E-state index in [1.807, 2.05) is 12.1 Å². The molecule has 1 aliphatic carbocycles. The van der Waals surface area contributed by atoms with Crippen LogP contribution in [-0.4, -0.2) is 70.9 Å². The van der Waals surface area contributed by atoms with E-state index in [0.717, 1.165) is 50.5 Å². The highest BCUT2D eigenvalue weighted by Crippen LogP contribution is 2.33. The highest BCUT2D eigenvalue weighted by atomic mass is 16.2. The van der Waals surface area contributed by atoms with Crippen molar-refractivity contribution in [2.75, 3.05) is 32.7 Å². The molecule has 1 saturated carbocycles. The fraction of sp³-hybridized carbons (Fsp3) is 0.464. The Morgan fingerprint density at radius 2 is 1.44 bits per heavy atom. The maximum atomic E-state index is 12.9. The Labute approximate surface area is 212 Å². The molecule has 0 unspecified atom stereocenters. The van der Waals surface area contributed by atoms with Gasteiger partial charge in [-0.2, -0.15) is 5.01 Å². The third-order valence-corrected chi connectivity index (χ3v) is 7.76. The first kappa shape index (κ1) is 24.5. The summed E-state index contributed by atoms with van der Waals surface area (Å²) in [6, 6.07) is 20.8. The minimum absolute atomic E-state index is 0.199. The summed E-state index contributed by atoms with van der Waals surface area (Å²) in [4.78, 5) is 42.7. The summed E-state index contributed by atoms with van der Waals surface area (Å²) >= 11 is 0. The van der Waals surface area contributed by atoms with E-state index < -0.39 is 11.6 Å². The molecule has 0 atom stereocenters. The number of rotatable bonds is 7. The van der Waals surface area contributed by atoms with E-state index >= 15 is 0 Å². The monoisotopic (exact) mass is 489 g/mol. The van der Waals surface area contributed by atoms with Crippen molar-refractivity contribution < 1.29 is 14.4 Å². The number of nitrogens with one attached hydrogen (secondary N) is 2. The highest BCUT2D eigenvalue weighted by Gasteiger charge is 2.52. The molecule has 8 nitrogen and oxygen atoms in total. The molecule has 3 fully saturated rings. The van der Waals surface area contributed by atoms with Crippen molar-refractivity contribution in [3.8, 4) is 0 Å². The van der Waals surface area contributed by atoms with E-state index in [9.17, 15) is 14.4 Å². The Morgan fingerprint density at radius 1 is 0.861 bits per heavy atom. The van der Waals surface area contributed by atoms with Crippen molar-refractivity contribution in [3.63, 3.8) is 0 Å². The molecule has 36 heavy (non-hydrogen) atoms. The van der Waals surface area contributed by atoms with Crippen molar-refractivity contribution in [3.05, 3.63) is 71.8 Å². The first-order valence-corrected chi connectivity index (χ1v) is 13.1. The number of amides is 4. The molecule has 2 aromatic rings. The van der Waals surface area contributed by atoms with E-state index in [-0.39, 0.29) is 24.3 Å². The largest absolute Gasteiger partial charge is 0.344 e. The van der Waals surface area contributed by atoms with Crippen LogP contribution in [-0.2, 0) is 9.59 Å². The Bertz CT molecular complexity index is 1020. The van der Waals surface area contributed by atoms with Gasteiger partial charge in [-0.25, -0.2) is 4.79 Å². The molecule has 4 amide bonds. The quantitative estimate of drug-likeness (QED) is 0.584. The lowest BCUT2D eigenvalue weighted by Gasteiger charge is -2.39. The van der Waals surface area contributed by atoms with Crippen molar-refractivity contribution in [1.82, 2.24) is 25.6 Å². The van der Waals surface area contributed by atoms with Crippen LogP contribution in [0, 0.1) is 0 Å². The number of carbonyl (C=O) groups is 3. The SMILES string of the molecule is O=C(CCN1CCN(C(c2ccccc2)c2ccccc2)CC1)NN1C(=O)NC2(CCCCC2)C1=O. The van der Waals surface area contributed by atoms with Gasteiger partial charge in [0.05, 0.1) is 6.04 Å². The smallest absolute Gasteiger partial charge is 0.322 e. The van der Waals surface area contributed by atoms with Gasteiger partial charge in [-0.15, -0.1) is 0 Å². The van der Waals surface area contributed by atoms with Crippen LogP contribution >= 0.6 is 0 Å². The molecular weight excluding hydrogens is 454 g/mol. The maximum Gasteiger partial charge on any atom is 0.344 e. The summed E-state index contributed by atoms with van der Waals surface area (Å²) in [7, 11) is 0. The van der Waals surface area contributed by atoms with Crippen LogP contribution < -0.4 is 10.7 Å². The summed E-state index contributed by atoms with van der Waals surface area (Å²) in [6.45, 7) is 4.10. The summed E-state index contributed by atoms with van der Waals surface area (Å²) < 4.78 is 0. The minimum atomic E-state index is -0.826.